The normalized spacial score (nSPS) is 16.8. The zero-order chi connectivity index (χ0) is 15.9. The molecule has 1 saturated heterocycles. The predicted octanol–water partition coefficient (Wildman–Crippen LogP) is 2.97. The Morgan fingerprint density at radius 1 is 1.13 bits per heavy atom. The molecule has 0 unspecified atom stereocenters. The van der Waals surface area contributed by atoms with Crippen molar-refractivity contribution in [3.8, 4) is 0 Å². The van der Waals surface area contributed by atoms with Crippen LogP contribution in [0.5, 0.6) is 0 Å². The number of anilines is 3. The molecule has 118 valence electrons. The SMILES string of the molecule is O=S1(=O)CCCN1c1ccc(Nc2ncnc3sccc23)cc1. The summed E-state index contributed by atoms with van der Waals surface area (Å²) in [5.41, 5.74) is 1.56. The van der Waals surface area contributed by atoms with E-state index >= 15 is 0 Å². The fourth-order valence-electron chi connectivity index (χ4n) is 2.67. The number of sulfonamides is 1. The highest BCUT2D eigenvalue weighted by atomic mass is 32.2. The molecule has 3 heterocycles. The van der Waals surface area contributed by atoms with E-state index in [9.17, 15) is 8.42 Å². The topological polar surface area (TPSA) is 75.2 Å². The lowest BCUT2D eigenvalue weighted by molar-refractivity contribution is 0.599. The van der Waals surface area contributed by atoms with Crippen molar-refractivity contribution in [2.45, 2.75) is 6.42 Å². The Morgan fingerprint density at radius 3 is 2.70 bits per heavy atom. The quantitative estimate of drug-likeness (QED) is 0.789. The lowest BCUT2D eigenvalue weighted by Crippen LogP contribution is -2.24. The van der Waals surface area contributed by atoms with E-state index in [0.717, 1.165) is 21.7 Å². The molecule has 1 fully saturated rings. The fourth-order valence-corrected chi connectivity index (χ4v) is 4.96. The van der Waals surface area contributed by atoms with Gasteiger partial charge in [-0.15, -0.1) is 11.3 Å². The largest absolute Gasteiger partial charge is 0.340 e. The van der Waals surface area contributed by atoms with Gasteiger partial charge in [0.1, 0.15) is 17.0 Å². The molecule has 0 saturated carbocycles. The summed E-state index contributed by atoms with van der Waals surface area (Å²) in [4.78, 5) is 9.43. The van der Waals surface area contributed by atoms with Crippen LogP contribution >= 0.6 is 11.3 Å². The Kier molecular flexibility index (Phi) is 3.42. The highest BCUT2D eigenvalue weighted by molar-refractivity contribution is 7.93. The molecule has 6 nitrogen and oxygen atoms in total. The summed E-state index contributed by atoms with van der Waals surface area (Å²) in [6.07, 6.45) is 2.21. The Hall–Kier alpha value is -2.19. The molecule has 23 heavy (non-hydrogen) atoms. The molecule has 0 aliphatic carbocycles. The van der Waals surface area contributed by atoms with Crippen LogP contribution in [0.1, 0.15) is 6.42 Å². The Bertz CT molecular complexity index is 951. The molecule has 1 aliphatic heterocycles. The van der Waals surface area contributed by atoms with Crippen molar-refractivity contribution in [3.63, 3.8) is 0 Å². The molecule has 1 aliphatic rings. The average Bonchev–Trinajstić information content (AvgIpc) is 3.15. The second kappa shape index (κ2) is 5.47. The van der Waals surface area contributed by atoms with Gasteiger partial charge < -0.3 is 5.32 Å². The lowest BCUT2D eigenvalue weighted by atomic mass is 10.2. The number of hydrogen-bond donors (Lipinski definition) is 1. The van der Waals surface area contributed by atoms with E-state index in [1.165, 1.54) is 10.6 Å². The minimum absolute atomic E-state index is 0.226. The monoisotopic (exact) mass is 346 g/mol. The van der Waals surface area contributed by atoms with Gasteiger partial charge in [0.25, 0.3) is 0 Å². The van der Waals surface area contributed by atoms with Gasteiger partial charge in [-0.1, -0.05) is 0 Å². The first-order valence-electron chi connectivity index (χ1n) is 7.19. The van der Waals surface area contributed by atoms with E-state index < -0.39 is 10.0 Å². The number of thiophene rings is 1. The van der Waals surface area contributed by atoms with Crippen LogP contribution < -0.4 is 9.62 Å². The standard InChI is InChI=1S/C15H14N4O2S2/c20-23(21)9-1-7-19(23)12-4-2-11(3-5-12)18-14-13-6-8-22-15(13)17-10-16-14/h2-6,8,10H,1,7,9H2,(H,16,17,18). The molecular formula is C15H14N4O2S2. The van der Waals surface area contributed by atoms with Crippen molar-refractivity contribution in [2.75, 3.05) is 21.9 Å². The number of aromatic nitrogens is 2. The van der Waals surface area contributed by atoms with E-state index in [1.807, 2.05) is 35.7 Å². The van der Waals surface area contributed by atoms with E-state index in [1.54, 1.807) is 11.3 Å². The van der Waals surface area contributed by atoms with E-state index in [-0.39, 0.29) is 5.75 Å². The molecule has 2 aromatic heterocycles. The number of rotatable bonds is 3. The Morgan fingerprint density at radius 2 is 1.96 bits per heavy atom. The Balaban J connectivity index is 1.60. The van der Waals surface area contributed by atoms with Crippen LogP contribution in [0.3, 0.4) is 0 Å². The van der Waals surface area contributed by atoms with Crippen LogP contribution in [-0.2, 0) is 10.0 Å². The van der Waals surface area contributed by atoms with Crippen molar-refractivity contribution in [2.24, 2.45) is 0 Å². The zero-order valence-electron chi connectivity index (χ0n) is 12.1. The van der Waals surface area contributed by atoms with Gasteiger partial charge in [0, 0.05) is 12.2 Å². The second-order valence-electron chi connectivity index (χ2n) is 5.28. The molecule has 0 amide bonds. The molecule has 8 heteroatoms. The average molecular weight is 346 g/mol. The number of benzene rings is 1. The number of fused-ring (bicyclic) bond motifs is 1. The van der Waals surface area contributed by atoms with Gasteiger partial charge in [-0.2, -0.15) is 0 Å². The smallest absolute Gasteiger partial charge is 0.235 e. The maximum Gasteiger partial charge on any atom is 0.235 e. The van der Waals surface area contributed by atoms with Crippen LogP contribution in [0.2, 0.25) is 0 Å². The number of hydrogen-bond acceptors (Lipinski definition) is 6. The van der Waals surface area contributed by atoms with Gasteiger partial charge in [-0.3, -0.25) is 4.31 Å². The molecule has 0 bridgehead atoms. The van der Waals surface area contributed by atoms with Crippen molar-refractivity contribution in [3.05, 3.63) is 42.0 Å². The molecule has 0 atom stereocenters. The molecular weight excluding hydrogens is 332 g/mol. The van der Waals surface area contributed by atoms with Gasteiger partial charge in [0.05, 0.1) is 16.8 Å². The summed E-state index contributed by atoms with van der Waals surface area (Å²) in [6.45, 7) is 0.552. The zero-order valence-corrected chi connectivity index (χ0v) is 13.8. The van der Waals surface area contributed by atoms with Gasteiger partial charge >= 0.3 is 0 Å². The summed E-state index contributed by atoms with van der Waals surface area (Å²) in [6, 6.07) is 9.34. The molecule has 1 N–H and O–H groups in total. The van der Waals surface area contributed by atoms with Crippen molar-refractivity contribution >= 4 is 48.8 Å². The highest BCUT2D eigenvalue weighted by Crippen LogP contribution is 2.29. The molecule has 0 radical (unpaired) electrons. The minimum atomic E-state index is -3.14. The first-order valence-corrected chi connectivity index (χ1v) is 9.68. The summed E-state index contributed by atoms with van der Waals surface area (Å²) in [7, 11) is -3.14. The highest BCUT2D eigenvalue weighted by Gasteiger charge is 2.28. The predicted molar refractivity (Wildman–Crippen MR) is 92.9 cm³/mol. The summed E-state index contributed by atoms with van der Waals surface area (Å²) >= 11 is 1.57. The van der Waals surface area contributed by atoms with Gasteiger partial charge in [0.15, 0.2) is 0 Å². The van der Waals surface area contributed by atoms with E-state index in [4.69, 9.17) is 0 Å². The van der Waals surface area contributed by atoms with Crippen molar-refractivity contribution < 1.29 is 8.42 Å². The second-order valence-corrected chi connectivity index (χ2v) is 8.18. The van der Waals surface area contributed by atoms with Gasteiger partial charge in [-0.25, -0.2) is 18.4 Å². The van der Waals surface area contributed by atoms with Crippen LogP contribution in [0.4, 0.5) is 17.2 Å². The maximum atomic E-state index is 11.9. The lowest BCUT2D eigenvalue weighted by Gasteiger charge is -2.17. The van der Waals surface area contributed by atoms with Gasteiger partial charge in [0.2, 0.25) is 10.0 Å². The first kappa shape index (κ1) is 14.4. The van der Waals surface area contributed by atoms with Crippen molar-refractivity contribution in [1.82, 2.24) is 9.97 Å². The first-order chi connectivity index (χ1) is 11.1. The Labute approximate surface area is 137 Å². The summed E-state index contributed by atoms with van der Waals surface area (Å²) in [5.74, 6) is 0.974. The third-order valence-electron chi connectivity index (χ3n) is 3.78. The van der Waals surface area contributed by atoms with Crippen LogP contribution in [0.15, 0.2) is 42.0 Å². The van der Waals surface area contributed by atoms with Crippen molar-refractivity contribution in [1.29, 1.82) is 0 Å². The van der Waals surface area contributed by atoms with Crippen LogP contribution in [-0.4, -0.2) is 30.7 Å². The molecule has 3 aromatic rings. The molecule has 4 rings (SSSR count). The van der Waals surface area contributed by atoms with E-state index in [0.29, 0.717) is 18.7 Å². The molecule has 1 aromatic carbocycles. The fraction of sp³-hybridized carbons (Fsp3) is 0.200. The maximum absolute atomic E-state index is 11.9. The summed E-state index contributed by atoms with van der Waals surface area (Å²) < 4.78 is 25.4. The number of nitrogens with zero attached hydrogens (tertiary/aromatic N) is 3. The number of nitrogens with one attached hydrogen (secondary N) is 1. The third-order valence-corrected chi connectivity index (χ3v) is 6.47. The van der Waals surface area contributed by atoms with Crippen LogP contribution in [0, 0.1) is 0 Å². The summed E-state index contributed by atoms with van der Waals surface area (Å²) in [5, 5.41) is 6.21. The van der Waals surface area contributed by atoms with Gasteiger partial charge in [-0.05, 0) is 42.1 Å². The van der Waals surface area contributed by atoms with E-state index in [2.05, 4.69) is 15.3 Å². The molecule has 0 spiro atoms. The third kappa shape index (κ3) is 2.64. The minimum Gasteiger partial charge on any atom is -0.340 e. The van der Waals surface area contributed by atoms with Crippen LogP contribution in [0.25, 0.3) is 10.2 Å².